The van der Waals surface area contributed by atoms with E-state index >= 15 is 0 Å². The third-order valence-corrected chi connectivity index (χ3v) is 4.49. The van der Waals surface area contributed by atoms with Crippen LogP contribution in [0.5, 0.6) is 5.75 Å². The van der Waals surface area contributed by atoms with Crippen molar-refractivity contribution < 1.29 is 19.1 Å². The van der Waals surface area contributed by atoms with Gasteiger partial charge in [0.05, 0.1) is 21.7 Å². The molecule has 0 aliphatic rings. The van der Waals surface area contributed by atoms with E-state index in [9.17, 15) is 14.9 Å². The number of nitrogens with one attached hydrogen (secondary N) is 1. The summed E-state index contributed by atoms with van der Waals surface area (Å²) in [6, 6.07) is 11.0. The van der Waals surface area contributed by atoms with E-state index in [1.54, 1.807) is 19.1 Å². The zero-order valence-electron chi connectivity index (χ0n) is 15.2. The first-order valence-electron chi connectivity index (χ1n) is 8.30. The highest BCUT2D eigenvalue weighted by Gasteiger charge is 2.12. The summed E-state index contributed by atoms with van der Waals surface area (Å²) in [6.45, 7) is 1.66. The Bertz CT molecular complexity index is 1000. The van der Waals surface area contributed by atoms with Gasteiger partial charge in [-0.1, -0.05) is 40.9 Å². The molecule has 150 valence electrons. The molecule has 0 saturated heterocycles. The number of carbonyl (C=O) groups is 2. The maximum absolute atomic E-state index is 12.3. The molecule has 0 aliphatic heterocycles. The highest BCUT2D eigenvalue weighted by atomic mass is 35.5. The Balaban J connectivity index is 2.12. The van der Waals surface area contributed by atoms with Crippen molar-refractivity contribution in [2.24, 2.45) is 0 Å². The van der Waals surface area contributed by atoms with Gasteiger partial charge in [-0.25, -0.2) is 4.79 Å². The zero-order chi connectivity index (χ0) is 21.4. The number of halogens is 3. The quantitative estimate of drug-likeness (QED) is 0.356. The molecule has 0 atom stereocenters. The first-order chi connectivity index (χ1) is 13.8. The van der Waals surface area contributed by atoms with Crippen LogP contribution in [0.15, 0.2) is 42.0 Å². The van der Waals surface area contributed by atoms with Crippen LogP contribution in [0.1, 0.15) is 12.5 Å². The fourth-order valence-electron chi connectivity index (χ4n) is 2.15. The van der Waals surface area contributed by atoms with Crippen LogP contribution < -0.4 is 10.1 Å². The minimum absolute atomic E-state index is 0.146. The van der Waals surface area contributed by atoms with E-state index in [1.165, 1.54) is 30.3 Å². The Hall–Kier alpha value is -2.72. The van der Waals surface area contributed by atoms with E-state index in [-0.39, 0.29) is 34.6 Å². The van der Waals surface area contributed by atoms with E-state index in [1.807, 2.05) is 6.07 Å². The number of hydrogen-bond acceptors (Lipinski definition) is 5. The van der Waals surface area contributed by atoms with E-state index < -0.39 is 11.9 Å². The molecule has 6 nitrogen and oxygen atoms in total. The molecule has 0 saturated carbocycles. The molecular weight excluding hydrogens is 439 g/mol. The summed E-state index contributed by atoms with van der Waals surface area (Å²) < 4.78 is 10.1. The van der Waals surface area contributed by atoms with Crippen molar-refractivity contribution in [3.05, 3.63) is 62.6 Å². The molecule has 2 rings (SSSR count). The summed E-state index contributed by atoms with van der Waals surface area (Å²) in [7, 11) is 0. The van der Waals surface area contributed by atoms with Gasteiger partial charge in [0, 0.05) is 5.69 Å². The van der Waals surface area contributed by atoms with E-state index in [0.29, 0.717) is 16.3 Å². The van der Waals surface area contributed by atoms with Gasteiger partial charge in [0.1, 0.15) is 17.4 Å². The van der Waals surface area contributed by atoms with Crippen molar-refractivity contribution in [1.29, 1.82) is 5.26 Å². The average Bonchev–Trinajstić information content (AvgIpc) is 2.68. The number of carbonyl (C=O) groups excluding carboxylic acids is 2. The molecule has 1 amide bonds. The summed E-state index contributed by atoms with van der Waals surface area (Å²) in [6.07, 6.45) is 1.37. The normalized spacial score (nSPS) is 10.8. The molecule has 0 unspecified atom stereocenters. The second-order valence-corrected chi connectivity index (χ2v) is 6.76. The molecule has 29 heavy (non-hydrogen) atoms. The highest BCUT2D eigenvalue weighted by Crippen LogP contribution is 2.27. The van der Waals surface area contributed by atoms with Crippen LogP contribution in [0.25, 0.3) is 6.08 Å². The number of benzene rings is 2. The van der Waals surface area contributed by atoms with Crippen molar-refractivity contribution in [2.75, 3.05) is 18.5 Å². The molecule has 0 bridgehead atoms. The van der Waals surface area contributed by atoms with Gasteiger partial charge in [0.2, 0.25) is 0 Å². The minimum Gasteiger partial charge on any atom is -0.480 e. The van der Waals surface area contributed by atoms with Crippen molar-refractivity contribution in [3.63, 3.8) is 0 Å². The van der Waals surface area contributed by atoms with Crippen LogP contribution in [0.2, 0.25) is 15.1 Å². The summed E-state index contributed by atoms with van der Waals surface area (Å²) in [4.78, 5) is 23.7. The van der Waals surface area contributed by atoms with E-state index in [4.69, 9.17) is 44.3 Å². The number of amides is 1. The van der Waals surface area contributed by atoms with Crippen LogP contribution in [0.3, 0.4) is 0 Å². The van der Waals surface area contributed by atoms with Gasteiger partial charge in [0.25, 0.3) is 5.91 Å². The number of nitriles is 1. The Kier molecular flexibility index (Phi) is 8.34. The van der Waals surface area contributed by atoms with Crippen LogP contribution in [-0.4, -0.2) is 25.1 Å². The second kappa shape index (κ2) is 10.7. The van der Waals surface area contributed by atoms with Gasteiger partial charge in [-0.05, 0) is 48.9 Å². The lowest BCUT2D eigenvalue weighted by molar-refractivity contribution is -0.145. The topological polar surface area (TPSA) is 88.4 Å². The summed E-state index contributed by atoms with van der Waals surface area (Å²) in [5, 5.41) is 12.7. The minimum atomic E-state index is -0.621. The second-order valence-electron chi connectivity index (χ2n) is 5.54. The summed E-state index contributed by atoms with van der Waals surface area (Å²) in [5.41, 5.74) is 0.748. The highest BCUT2D eigenvalue weighted by molar-refractivity contribution is 6.42. The lowest BCUT2D eigenvalue weighted by Gasteiger charge is -2.08. The molecule has 1 N–H and O–H groups in total. The Morgan fingerprint density at radius 2 is 1.86 bits per heavy atom. The van der Waals surface area contributed by atoms with Crippen molar-refractivity contribution in [2.45, 2.75) is 6.92 Å². The molecule has 0 spiro atoms. The third kappa shape index (κ3) is 6.68. The average molecular weight is 454 g/mol. The van der Waals surface area contributed by atoms with Crippen LogP contribution in [0.4, 0.5) is 5.69 Å². The number of ether oxygens (including phenoxy) is 2. The van der Waals surface area contributed by atoms with Gasteiger partial charge in [-0.3, -0.25) is 4.79 Å². The van der Waals surface area contributed by atoms with Gasteiger partial charge in [-0.15, -0.1) is 0 Å². The Morgan fingerprint density at radius 3 is 2.48 bits per heavy atom. The smallest absolute Gasteiger partial charge is 0.344 e. The van der Waals surface area contributed by atoms with E-state index in [0.717, 1.165) is 0 Å². The zero-order valence-corrected chi connectivity index (χ0v) is 17.4. The van der Waals surface area contributed by atoms with Gasteiger partial charge >= 0.3 is 5.97 Å². The predicted octanol–water partition coefficient (Wildman–Crippen LogP) is 5.13. The molecule has 0 heterocycles. The lowest BCUT2D eigenvalue weighted by atomic mass is 10.1. The van der Waals surface area contributed by atoms with Crippen LogP contribution in [-0.2, 0) is 14.3 Å². The molecule has 0 aliphatic carbocycles. The van der Waals surface area contributed by atoms with Crippen LogP contribution >= 0.6 is 34.8 Å². The van der Waals surface area contributed by atoms with Crippen molar-refractivity contribution in [1.82, 2.24) is 0 Å². The monoisotopic (exact) mass is 452 g/mol. The predicted molar refractivity (Wildman–Crippen MR) is 112 cm³/mol. The first kappa shape index (κ1) is 22.6. The SMILES string of the molecule is CCOC(=O)COc1ccc(/C=C(\C#N)C(=O)Nc2ccc(Cl)c(Cl)c2)cc1Cl. The van der Waals surface area contributed by atoms with Gasteiger partial charge < -0.3 is 14.8 Å². The largest absolute Gasteiger partial charge is 0.480 e. The molecule has 2 aromatic carbocycles. The Morgan fingerprint density at radius 1 is 1.10 bits per heavy atom. The molecule has 0 aromatic heterocycles. The number of hydrogen-bond donors (Lipinski definition) is 1. The van der Waals surface area contributed by atoms with Crippen molar-refractivity contribution in [3.8, 4) is 11.8 Å². The third-order valence-electron chi connectivity index (χ3n) is 3.46. The number of esters is 1. The lowest BCUT2D eigenvalue weighted by Crippen LogP contribution is -2.14. The number of rotatable bonds is 7. The molecule has 9 heteroatoms. The standard InChI is InChI=1S/C20H15Cl3N2O4/c1-2-28-19(26)11-29-18-6-3-12(8-17(18)23)7-13(10-24)20(27)25-14-4-5-15(21)16(22)9-14/h3-9H,2,11H2,1H3,(H,25,27)/b13-7+. The molecule has 2 aromatic rings. The Labute approximate surface area is 182 Å². The van der Waals surface area contributed by atoms with Gasteiger partial charge in [0.15, 0.2) is 6.61 Å². The summed E-state index contributed by atoms with van der Waals surface area (Å²) >= 11 is 17.9. The maximum atomic E-state index is 12.3. The van der Waals surface area contributed by atoms with Gasteiger partial charge in [-0.2, -0.15) is 5.26 Å². The molecular formula is C20H15Cl3N2O4. The van der Waals surface area contributed by atoms with Crippen LogP contribution in [0, 0.1) is 11.3 Å². The maximum Gasteiger partial charge on any atom is 0.344 e. The fourth-order valence-corrected chi connectivity index (χ4v) is 2.69. The first-order valence-corrected chi connectivity index (χ1v) is 9.43. The fraction of sp³-hybridized carbons (Fsp3) is 0.150. The van der Waals surface area contributed by atoms with Crippen molar-refractivity contribution >= 4 is 58.4 Å². The summed E-state index contributed by atoms with van der Waals surface area (Å²) in [5.74, 6) is -0.862. The molecule has 0 fully saturated rings. The number of nitrogens with zero attached hydrogens (tertiary/aromatic N) is 1. The number of anilines is 1. The molecule has 0 radical (unpaired) electrons. The van der Waals surface area contributed by atoms with E-state index in [2.05, 4.69) is 5.32 Å².